The molecular weight excluding hydrogens is 441 g/mol. The zero-order valence-corrected chi connectivity index (χ0v) is 18.8. The van der Waals surface area contributed by atoms with Gasteiger partial charge in [-0.15, -0.1) is 12.4 Å². The minimum Gasteiger partial charge on any atom is -0.456 e. The standard InChI is InChI=1S/C26H24FN3O2.ClH/c27-21-5-3-4-20(15-21)26(31)29-23-7-2-1-6-22(23)25-16-19-9-8-18(14-24(19)32-25)17-30-12-10-28-11-13-30;/h1-9,14-16,28H,10-13,17H2,(H,29,31);1H. The number of para-hydroxylation sites is 1. The summed E-state index contributed by atoms with van der Waals surface area (Å²) < 4.78 is 19.7. The Kier molecular flexibility index (Phi) is 7.08. The Hall–Kier alpha value is -3.19. The predicted octanol–water partition coefficient (Wildman–Crippen LogP) is 5.32. The van der Waals surface area contributed by atoms with Gasteiger partial charge in [0.25, 0.3) is 5.91 Å². The average Bonchev–Trinajstić information content (AvgIpc) is 3.23. The molecule has 0 spiro atoms. The lowest BCUT2D eigenvalue weighted by Gasteiger charge is -2.27. The quantitative estimate of drug-likeness (QED) is 0.419. The van der Waals surface area contributed by atoms with Gasteiger partial charge in [0.2, 0.25) is 0 Å². The van der Waals surface area contributed by atoms with Crippen LogP contribution in [0, 0.1) is 5.82 Å². The van der Waals surface area contributed by atoms with Gasteiger partial charge in [0, 0.05) is 49.2 Å². The molecule has 1 aliphatic rings. The van der Waals surface area contributed by atoms with E-state index in [4.69, 9.17) is 4.42 Å². The summed E-state index contributed by atoms with van der Waals surface area (Å²) in [6, 6.07) is 21.4. The number of piperazine rings is 1. The first-order chi connectivity index (χ1) is 15.7. The smallest absolute Gasteiger partial charge is 0.255 e. The highest BCUT2D eigenvalue weighted by atomic mass is 35.5. The molecule has 5 rings (SSSR count). The summed E-state index contributed by atoms with van der Waals surface area (Å²) in [6.45, 7) is 5.02. The molecule has 1 fully saturated rings. The van der Waals surface area contributed by atoms with Gasteiger partial charge in [0.1, 0.15) is 17.2 Å². The molecule has 1 amide bonds. The van der Waals surface area contributed by atoms with E-state index in [1.165, 1.54) is 23.8 Å². The van der Waals surface area contributed by atoms with Gasteiger partial charge < -0.3 is 15.1 Å². The van der Waals surface area contributed by atoms with Crippen LogP contribution < -0.4 is 10.6 Å². The summed E-state index contributed by atoms with van der Waals surface area (Å²) in [5.41, 5.74) is 3.69. The van der Waals surface area contributed by atoms with Crippen LogP contribution in [0.4, 0.5) is 10.1 Å². The number of carbonyl (C=O) groups is 1. The molecule has 0 unspecified atom stereocenters. The van der Waals surface area contributed by atoms with E-state index in [1.807, 2.05) is 30.3 Å². The zero-order valence-electron chi connectivity index (χ0n) is 18.0. The summed E-state index contributed by atoms with van der Waals surface area (Å²) in [4.78, 5) is 15.1. The highest BCUT2D eigenvalue weighted by molar-refractivity contribution is 6.06. The van der Waals surface area contributed by atoms with Crippen molar-refractivity contribution in [1.29, 1.82) is 0 Å². The Morgan fingerprint density at radius 1 is 1.00 bits per heavy atom. The maximum Gasteiger partial charge on any atom is 0.255 e. The van der Waals surface area contributed by atoms with E-state index < -0.39 is 5.82 Å². The second-order valence-corrected chi connectivity index (χ2v) is 8.02. The second-order valence-electron chi connectivity index (χ2n) is 8.02. The Morgan fingerprint density at radius 3 is 2.64 bits per heavy atom. The Balaban J connectivity index is 0.00000259. The van der Waals surface area contributed by atoms with Gasteiger partial charge in [0.05, 0.1) is 5.69 Å². The fourth-order valence-corrected chi connectivity index (χ4v) is 4.07. The molecule has 170 valence electrons. The molecule has 2 heterocycles. The van der Waals surface area contributed by atoms with Gasteiger partial charge in [-0.25, -0.2) is 4.39 Å². The third kappa shape index (κ3) is 5.25. The lowest BCUT2D eigenvalue weighted by Crippen LogP contribution is -2.42. The topological polar surface area (TPSA) is 57.5 Å². The van der Waals surface area contributed by atoms with Gasteiger partial charge >= 0.3 is 0 Å². The fraction of sp³-hybridized carbons (Fsp3) is 0.192. The van der Waals surface area contributed by atoms with Gasteiger partial charge in [-0.1, -0.05) is 30.3 Å². The number of rotatable bonds is 5. The molecule has 0 radical (unpaired) electrons. The number of carbonyl (C=O) groups excluding carboxylic acids is 1. The van der Waals surface area contributed by atoms with Gasteiger partial charge in [-0.05, 0) is 48.0 Å². The van der Waals surface area contributed by atoms with Gasteiger partial charge in [-0.2, -0.15) is 0 Å². The van der Waals surface area contributed by atoms with Crippen molar-refractivity contribution in [2.45, 2.75) is 6.54 Å². The summed E-state index contributed by atoms with van der Waals surface area (Å²) in [5, 5.41) is 7.27. The van der Waals surface area contributed by atoms with Crippen LogP contribution in [0.3, 0.4) is 0 Å². The predicted molar refractivity (Wildman–Crippen MR) is 131 cm³/mol. The van der Waals surface area contributed by atoms with Crippen molar-refractivity contribution >= 4 is 35.0 Å². The Labute approximate surface area is 198 Å². The number of halogens is 2. The summed E-state index contributed by atoms with van der Waals surface area (Å²) >= 11 is 0. The minimum atomic E-state index is -0.445. The lowest BCUT2D eigenvalue weighted by atomic mass is 10.1. The van der Waals surface area contributed by atoms with Crippen molar-refractivity contribution in [1.82, 2.24) is 10.2 Å². The van der Waals surface area contributed by atoms with E-state index in [0.29, 0.717) is 11.4 Å². The number of nitrogens with zero attached hydrogens (tertiary/aromatic N) is 1. The molecule has 0 saturated carbocycles. The molecule has 5 nitrogen and oxygen atoms in total. The first-order valence-electron chi connectivity index (χ1n) is 10.8. The van der Waals surface area contributed by atoms with Crippen molar-refractivity contribution in [2.24, 2.45) is 0 Å². The van der Waals surface area contributed by atoms with E-state index in [9.17, 15) is 9.18 Å². The number of furan rings is 1. The molecule has 1 aliphatic heterocycles. The van der Waals surface area contributed by atoms with Crippen LogP contribution in [0.5, 0.6) is 0 Å². The molecule has 1 saturated heterocycles. The minimum absolute atomic E-state index is 0. The van der Waals surface area contributed by atoms with E-state index in [-0.39, 0.29) is 23.9 Å². The first-order valence-corrected chi connectivity index (χ1v) is 10.8. The molecule has 7 heteroatoms. The number of fused-ring (bicyclic) bond motifs is 1. The molecule has 4 aromatic rings. The molecule has 33 heavy (non-hydrogen) atoms. The van der Waals surface area contributed by atoms with E-state index >= 15 is 0 Å². The van der Waals surface area contributed by atoms with Crippen molar-refractivity contribution in [2.75, 3.05) is 31.5 Å². The Bertz CT molecular complexity index is 1270. The number of hydrogen-bond acceptors (Lipinski definition) is 4. The molecule has 3 aromatic carbocycles. The average molecular weight is 466 g/mol. The summed E-state index contributed by atoms with van der Waals surface area (Å²) in [5.74, 6) is -0.138. The highest BCUT2D eigenvalue weighted by Gasteiger charge is 2.15. The van der Waals surface area contributed by atoms with Crippen LogP contribution >= 0.6 is 12.4 Å². The number of amides is 1. The third-order valence-electron chi connectivity index (χ3n) is 5.73. The fourth-order valence-electron chi connectivity index (χ4n) is 4.07. The van der Waals surface area contributed by atoms with Crippen LogP contribution in [0.2, 0.25) is 0 Å². The third-order valence-corrected chi connectivity index (χ3v) is 5.73. The normalized spacial score (nSPS) is 14.1. The summed E-state index contributed by atoms with van der Waals surface area (Å²) in [6.07, 6.45) is 0. The van der Waals surface area contributed by atoms with E-state index in [1.54, 1.807) is 6.07 Å². The summed E-state index contributed by atoms with van der Waals surface area (Å²) in [7, 11) is 0. The molecular formula is C26H25ClFN3O2. The van der Waals surface area contributed by atoms with Crippen molar-refractivity contribution < 1.29 is 13.6 Å². The number of hydrogen-bond donors (Lipinski definition) is 2. The maximum atomic E-state index is 13.5. The van der Waals surface area contributed by atoms with Crippen molar-refractivity contribution in [3.05, 3.63) is 89.7 Å². The largest absolute Gasteiger partial charge is 0.456 e. The van der Waals surface area contributed by atoms with Gasteiger partial charge in [0.15, 0.2) is 0 Å². The van der Waals surface area contributed by atoms with Crippen molar-refractivity contribution in [3.63, 3.8) is 0 Å². The van der Waals surface area contributed by atoms with Crippen LogP contribution in [0.1, 0.15) is 15.9 Å². The van der Waals surface area contributed by atoms with Crippen LogP contribution in [-0.2, 0) is 6.54 Å². The molecule has 0 atom stereocenters. The van der Waals surface area contributed by atoms with E-state index in [0.717, 1.165) is 49.3 Å². The van der Waals surface area contributed by atoms with Crippen LogP contribution in [-0.4, -0.2) is 37.0 Å². The Morgan fingerprint density at radius 2 is 1.82 bits per heavy atom. The SMILES string of the molecule is Cl.O=C(Nc1ccccc1-c1cc2ccc(CN3CCNCC3)cc2o1)c1cccc(F)c1. The lowest BCUT2D eigenvalue weighted by molar-refractivity contribution is 0.102. The number of nitrogens with one attached hydrogen (secondary N) is 2. The van der Waals surface area contributed by atoms with Crippen molar-refractivity contribution in [3.8, 4) is 11.3 Å². The highest BCUT2D eigenvalue weighted by Crippen LogP contribution is 2.33. The molecule has 2 N–H and O–H groups in total. The van der Waals surface area contributed by atoms with Gasteiger partial charge in [-0.3, -0.25) is 9.69 Å². The van der Waals surface area contributed by atoms with E-state index in [2.05, 4.69) is 33.7 Å². The molecule has 0 bridgehead atoms. The second kappa shape index (κ2) is 10.2. The number of benzene rings is 3. The first kappa shape index (κ1) is 23.0. The van der Waals surface area contributed by atoms with Crippen LogP contribution in [0.15, 0.2) is 77.2 Å². The number of anilines is 1. The molecule has 0 aliphatic carbocycles. The van der Waals surface area contributed by atoms with Crippen LogP contribution in [0.25, 0.3) is 22.3 Å². The molecule has 1 aromatic heterocycles. The zero-order chi connectivity index (χ0) is 21.9. The maximum absolute atomic E-state index is 13.5. The monoisotopic (exact) mass is 465 g/mol.